The summed E-state index contributed by atoms with van der Waals surface area (Å²) in [5.41, 5.74) is 0. The van der Waals surface area contributed by atoms with Crippen LogP contribution in [0.3, 0.4) is 0 Å². The number of hydrogen-bond acceptors (Lipinski definition) is 2. The molecule has 0 N–H and O–H groups in total. The third kappa shape index (κ3) is 2.44. The summed E-state index contributed by atoms with van der Waals surface area (Å²) < 4.78 is 0. The van der Waals surface area contributed by atoms with E-state index in [0.29, 0.717) is 6.54 Å². The number of rotatable bonds is 2. The van der Waals surface area contributed by atoms with Crippen LogP contribution >= 0.6 is 0 Å². The third-order valence-corrected chi connectivity index (χ3v) is 2.34. The highest BCUT2D eigenvalue weighted by atomic mass is 16.2. The predicted octanol–water partition coefficient (Wildman–Crippen LogP) is -0.146. The summed E-state index contributed by atoms with van der Waals surface area (Å²) in [6.07, 6.45) is 3.63. The van der Waals surface area contributed by atoms with E-state index in [1.807, 2.05) is 6.41 Å². The SMILES string of the molecule is CN(C)C(=O)C1CCCN([C]=O)C1. The van der Waals surface area contributed by atoms with Gasteiger partial charge in [0.25, 0.3) is 0 Å². The number of hydrogen-bond donors (Lipinski definition) is 0. The van der Waals surface area contributed by atoms with Crippen molar-refractivity contribution >= 4 is 12.3 Å². The van der Waals surface area contributed by atoms with Crippen LogP contribution in [0.1, 0.15) is 12.8 Å². The van der Waals surface area contributed by atoms with Crippen LogP contribution in [0.15, 0.2) is 0 Å². The highest BCUT2D eigenvalue weighted by Gasteiger charge is 2.26. The first-order valence-electron chi connectivity index (χ1n) is 4.49. The molecule has 0 aromatic carbocycles. The van der Waals surface area contributed by atoms with Gasteiger partial charge in [0.15, 0.2) is 0 Å². The Balaban J connectivity index is 2.51. The van der Waals surface area contributed by atoms with Crippen molar-refractivity contribution < 1.29 is 9.59 Å². The van der Waals surface area contributed by atoms with E-state index in [4.69, 9.17) is 0 Å². The molecule has 1 rings (SSSR count). The fraction of sp³-hybridized carbons (Fsp3) is 0.778. The summed E-state index contributed by atoms with van der Waals surface area (Å²) in [7, 11) is 3.48. The fourth-order valence-corrected chi connectivity index (χ4v) is 1.63. The normalized spacial score (nSPS) is 22.6. The van der Waals surface area contributed by atoms with Crippen LogP contribution in [-0.2, 0) is 9.59 Å². The zero-order valence-electron chi connectivity index (χ0n) is 8.12. The van der Waals surface area contributed by atoms with Gasteiger partial charge >= 0.3 is 6.41 Å². The van der Waals surface area contributed by atoms with Crippen molar-refractivity contribution in [3.05, 3.63) is 0 Å². The van der Waals surface area contributed by atoms with Crippen LogP contribution < -0.4 is 0 Å². The van der Waals surface area contributed by atoms with Gasteiger partial charge in [0.05, 0.1) is 5.92 Å². The Morgan fingerprint density at radius 3 is 2.77 bits per heavy atom. The quantitative estimate of drug-likeness (QED) is 0.597. The van der Waals surface area contributed by atoms with Crippen molar-refractivity contribution in [1.82, 2.24) is 9.80 Å². The molecule has 1 unspecified atom stereocenters. The van der Waals surface area contributed by atoms with Crippen LogP contribution in [0.2, 0.25) is 0 Å². The second-order valence-electron chi connectivity index (χ2n) is 3.61. The molecule has 4 nitrogen and oxygen atoms in total. The number of carbonyl (C=O) groups is 1. The summed E-state index contributed by atoms with van der Waals surface area (Å²) in [6.45, 7) is 1.27. The van der Waals surface area contributed by atoms with Crippen molar-refractivity contribution in [1.29, 1.82) is 0 Å². The minimum absolute atomic E-state index is 0.0230. The standard InChI is InChI=1S/C9H15N2O2/c1-10(2)9(13)8-4-3-5-11(6-8)7-12/h8H,3-6H2,1-2H3. The van der Waals surface area contributed by atoms with E-state index in [-0.39, 0.29) is 11.8 Å². The lowest BCUT2D eigenvalue weighted by molar-refractivity contribution is -0.134. The molecule has 1 heterocycles. The summed E-state index contributed by atoms with van der Waals surface area (Å²) in [6, 6.07) is 0. The Morgan fingerprint density at radius 1 is 1.54 bits per heavy atom. The van der Waals surface area contributed by atoms with Gasteiger partial charge in [0, 0.05) is 27.2 Å². The van der Waals surface area contributed by atoms with E-state index in [1.54, 1.807) is 23.9 Å². The van der Waals surface area contributed by atoms with Gasteiger partial charge in [0.2, 0.25) is 5.91 Å². The Bertz CT molecular complexity index is 204. The van der Waals surface area contributed by atoms with Gasteiger partial charge in [-0.25, -0.2) is 0 Å². The van der Waals surface area contributed by atoms with Crippen LogP contribution in [0.25, 0.3) is 0 Å². The monoisotopic (exact) mass is 183 g/mol. The zero-order valence-corrected chi connectivity index (χ0v) is 8.12. The number of amides is 2. The summed E-state index contributed by atoms with van der Waals surface area (Å²) in [5, 5.41) is 0. The van der Waals surface area contributed by atoms with Crippen LogP contribution in [-0.4, -0.2) is 49.3 Å². The molecule has 0 spiro atoms. The van der Waals surface area contributed by atoms with E-state index in [9.17, 15) is 9.59 Å². The highest BCUT2D eigenvalue weighted by molar-refractivity contribution is 5.78. The molecule has 0 saturated carbocycles. The van der Waals surface area contributed by atoms with Gasteiger partial charge in [-0.1, -0.05) is 0 Å². The van der Waals surface area contributed by atoms with E-state index in [2.05, 4.69) is 0 Å². The highest BCUT2D eigenvalue weighted by Crippen LogP contribution is 2.16. The second-order valence-corrected chi connectivity index (χ2v) is 3.61. The fourth-order valence-electron chi connectivity index (χ4n) is 1.63. The maximum absolute atomic E-state index is 11.5. The van der Waals surface area contributed by atoms with Gasteiger partial charge in [-0.15, -0.1) is 0 Å². The average Bonchev–Trinajstić information content (AvgIpc) is 2.16. The van der Waals surface area contributed by atoms with Gasteiger partial charge in [-0.05, 0) is 12.8 Å². The summed E-state index contributed by atoms with van der Waals surface area (Å²) >= 11 is 0. The first kappa shape index (κ1) is 10.0. The molecular formula is C9H15N2O2. The molecule has 13 heavy (non-hydrogen) atoms. The minimum atomic E-state index is -0.0230. The van der Waals surface area contributed by atoms with Gasteiger partial charge < -0.3 is 9.80 Å². The van der Waals surface area contributed by atoms with E-state index in [1.165, 1.54) is 0 Å². The molecule has 0 aliphatic carbocycles. The Labute approximate surface area is 78.5 Å². The van der Waals surface area contributed by atoms with Gasteiger partial charge in [-0.2, -0.15) is 0 Å². The lowest BCUT2D eigenvalue weighted by atomic mass is 9.97. The van der Waals surface area contributed by atoms with Crippen molar-refractivity contribution in [2.45, 2.75) is 12.8 Å². The number of piperidine rings is 1. The van der Waals surface area contributed by atoms with Gasteiger partial charge in [0.1, 0.15) is 0 Å². The number of likely N-dealkylation sites (tertiary alicyclic amines) is 1. The third-order valence-electron chi connectivity index (χ3n) is 2.34. The molecule has 1 aliphatic rings. The molecule has 1 radical (unpaired) electrons. The largest absolute Gasteiger partial charge is 0.349 e. The first-order valence-corrected chi connectivity index (χ1v) is 4.49. The molecule has 1 saturated heterocycles. The summed E-state index contributed by atoms with van der Waals surface area (Å²) in [5.74, 6) is 0.0881. The molecule has 1 fully saturated rings. The Kier molecular flexibility index (Phi) is 3.28. The first-order chi connectivity index (χ1) is 6.15. The number of nitrogens with zero attached hydrogens (tertiary/aromatic N) is 2. The molecule has 4 heteroatoms. The van der Waals surface area contributed by atoms with Crippen LogP contribution in [0, 0.1) is 5.92 Å². The molecule has 1 aliphatic heterocycles. The van der Waals surface area contributed by atoms with Crippen molar-refractivity contribution in [2.24, 2.45) is 5.92 Å². The van der Waals surface area contributed by atoms with Crippen molar-refractivity contribution in [2.75, 3.05) is 27.2 Å². The lowest BCUT2D eigenvalue weighted by Crippen LogP contribution is -2.41. The average molecular weight is 183 g/mol. The van der Waals surface area contributed by atoms with Gasteiger partial charge in [-0.3, -0.25) is 9.59 Å². The van der Waals surface area contributed by atoms with E-state index in [0.717, 1.165) is 19.4 Å². The smallest absolute Gasteiger partial charge is 0.312 e. The molecule has 0 aromatic heterocycles. The van der Waals surface area contributed by atoms with Crippen LogP contribution in [0.5, 0.6) is 0 Å². The number of carbonyl (C=O) groups excluding carboxylic acids is 2. The Hall–Kier alpha value is -1.06. The minimum Gasteiger partial charge on any atom is -0.349 e. The predicted molar refractivity (Wildman–Crippen MR) is 48.7 cm³/mol. The molecular weight excluding hydrogens is 168 g/mol. The van der Waals surface area contributed by atoms with Crippen molar-refractivity contribution in [3.63, 3.8) is 0 Å². The maximum atomic E-state index is 11.5. The molecule has 0 bridgehead atoms. The molecule has 0 aromatic rings. The van der Waals surface area contributed by atoms with E-state index >= 15 is 0 Å². The van der Waals surface area contributed by atoms with Crippen LogP contribution in [0.4, 0.5) is 0 Å². The summed E-state index contributed by atoms with van der Waals surface area (Å²) in [4.78, 5) is 25.0. The second kappa shape index (κ2) is 4.25. The molecule has 2 amide bonds. The Morgan fingerprint density at radius 2 is 2.23 bits per heavy atom. The zero-order chi connectivity index (χ0) is 9.84. The van der Waals surface area contributed by atoms with Crippen molar-refractivity contribution in [3.8, 4) is 0 Å². The topological polar surface area (TPSA) is 40.6 Å². The molecule has 1 atom stereocenters. The van der Waals surface area contributed by atoms with E-state index < -0.39 is 0 Å². The molecule has 73 valence electrons. The maximum Gasteiger partial charge on any atom is 0.312 e. The lowest BCUT2D eigenvalue weighted by Gasteiger charge is -2.29.